The van der Waals surface area contributed by atoms with Crippen molar-refractivity contribution in [2.45, 2.75) is 75.0 Å². The second-order valence-electron chi connectivity index (χ2n) is 14.3. The van der Waals surface area contributed by atoms with E-state index in [-0.39, 0.29) is 54.3 Å². The second-order valence-corrected chi connectivity index (χ2v) is 14.3. The van der Waals surface area contributed by atoms with Crippen LogP contribution in [0.3, 0.4) is 0 Å². The van der Waals surface area contributed by atoms with Gasteiger partial charge in [-0.25, -0.2) is 4.39 Å². The number of hydrogen-bond donors (Lipinski definition) is 5. The number of nitrogens with one attached hydrogen (secondary N) is 2. The van der Waals surface area contributed by atoms with Gasteiger partial charge in [0.2, 0.25) is 23.4 Å². The number of ether oxygens (including phenoxy) is 1. The average molecular weight is 653 g/mol. The number of benzene rings is 1. The second kappa shape index (κ2) is 11.4. The zero-order chi connectivity index (χ0) is 33.4. The molecular weight excluding hydrogens is 611 g/mol. The van der Waals surface area contributed by atoms with E-state index in [0.29, 0.717) is 0 Å². The maximum absolute atomic E-state index is 15.6. The SMILES string of the molecule is CN(C)[C@@H]1C(=O)C(=C2NC3(CCCCC3)CO2)C(=O)[C@@]2(O)C(=O)C3=C(O)c4c(O)c(NC(=O)CN5CCCC5)cc(F)c4C[C@H]3C[C@@H]12. The van der Waals surface area contributed by atoms with Crippen LogP contribution in [0.1, 0.15) is 62.5 Å². The Kier molecular flexibility index (Phi) is 7.72. The highest BCUT2D eigenvalue weighted by atomic mass is 19.1. The summed E-state index contributed by atoms with van der Waals surface area (Å²) in [7, 11) is 3.24. The Morgan fingerprint density at radius 1 is 1.11 bits per heavy atom. The van der Waals surface area contributed by atoms with Crippen LogP contribution in [0.25, 0.3) is 5.76 Å². The van der Waals surface area contributed by atoms with Crippen molar-refractivity contribution in [2.75, 3.05) is 45.7 Å². The number of likely N-dealkylation sites (tertiary alicyclic amines) is 1. The van der Waals surface area contributed by atoms with Crippen LogP contribution in [0.2, 0.25) is 0 Å². The molecule has 2 heterocycles. The summed E-state index contributed by atoms with van der Waals surface area (Å²) in [6.45, 7) is 1.80. The van der Waals surface area contributed by atoms with E-state index in [1.807, 2.05) is 4.90 Å². The van der Waals surface area contributed by atoms with Crippen LogP contribution in [-0.2, 0) is 30.3 Å². The van der Waals surface area contributed by atoms with Gasteiger partial charge < -0.3 is 30.7 Å². The highest BCUT2D eigenvalue weighted by Crippen LogP contribution is 2.53. The lowest BCUT2D eigenvalue weighted by molar-refractivity contribution is -0.165. The minimum absolute atomic E-state index is 0.0447. The van der Waals surface area contributed by atoms with Crippen molar-refractivity contribution in [1.29, 1.82) is 0 Å². The fraction of sp³-hybridized carbons (Fsp3) is 0.588. The molecule has 2 saturated heterocycles. The average Bonchev–Trinajstić information content (AvgIpc) is 3.68. The van der Waals surface area contributed by atoms with Gasteiger partial charge in [0, 0.05) is 23.1 Å². The molecule has 1 aromatic rings. The number of Topliss-reactive ketones (excluding diaryl/α,β-unsaturated/α-hetero) is 3. The van der Waals surface area contributed by atoms with Gasteiger partial charge >= 0.3 is 0 Å². The van der Waals surface area contributed by atoms with E-state index in [9.17, 15) is 34.5 Å². The Morgan fingerprint density at radius 2 is 1.81 bits per heavy atom. The number of amides is 1. The standard InChI is InChI=1S/C34H41FN4O8/c1-38(2)26-19-13-17-12-18-20(35)14-21(36-22(40)15-39-10-6-7-11-39)27(41)24(18)28(42)23(17)30(44)34(19,46)31(45)25(29(26)43)32-37-33(16-47-32)8-4-3-5-9-33/h14,17,19,26,37,41-42,46H,3-13,15-16H2,1-2H3,(H,36,40)/t17-,19-,26-,34-/m0/s1. The molecule has 5 fully saturated rings. The van der Waals surface area contributed by atoms with Crippen molar-refractivity contribution in [3.8, 4) is 5.75 Å². The molecule has 0 aromatic heterocycles. The van der Waals surface area contributed by atoms with E-state index >= 15 is 4.39 Å². The molecule has 4 aliphatic carbocycles. The molecule has 12 nitrogen and oxygen atoms in total. The number of ketones is 3. The quantitative estimate of drug-likeness (QED) is 0.140. The van der Waals surface area contributed by atoms with Crippen LogP contribution in [0, 0.1) is 17.7 Å². The summed E-state index contributed by atoms with van der Waals surface area (Å²) >= 11 is 0. The van der Waals surface area contributed by atoms with Crippen molar-refractivity contribution in [3.05, 3.63) is 40.0 Å². The van der Waals surface area contributed by atoms with Gasteiger partial charge in [-0.2, -0.15) is 0 Å². The van der Waals surface area contributed by atoms with Gasteiger partial charge in [-0.05, 0) is 71.6 Å². The fourth-order valence-electron chi connectivity index (χ4n) is 8.81. The number of likely N-dealkylation sites (N-methyl/N-ethyl adjacent to an activating group) is 1. The lowest BCUT2D eigenvalue weighted by atomic mass is 9.56. The molecule has 5 N–H and O–H groups in total. The normalized spacial score (nSPS) is 31.9. The Morgan fingerprint density at radius 3 is 2.49 bits per heavy atom. The first kappa shape index (κ1) is 31.8. The molecule has 3 saturated carbocycles. The molecule has 47 heavy (non-hydrogen) atoms. The van der Waals surface area contributed by atoms with E-state index < -0.39 is 75.2 Å². The molecule has 4 atom stereocenters. The fourth-order valence-corrected chi connectivity index (χ4v) is 8.81. The Balaban J connectivity index is 1.27. The molecule has 0 bridgehead atoms. The van der Waals surface area contributed by atoms with Gasteiger partial charge in [0.15, 0.2) is 17.1 Å². The van der Waals surface area contributed by atoms with E-state index in [2.05, 4.69) is 10.6 Å². The summed E-state index contributed by atoms with van der Waals surface area (Å²) in [5.41, 5.74) is -4.60. The molecule has 0 unspecified atom stereocenters. The highest BCUT2D eigenvalue weighted by molar-refractivity contribution is 6.35. The van der Waals surface area contributed by atoms with Crippen LogP contribution in [0.5, 0.6) is 5.75 Å². The minimum Gasteiger partial charge on any atom is -0.507 e. The van der Waals surface area contributed by atoms with E-state index in [1.54, 1.807) is 19.0 Å². The third kappa shape index (κ3) is 4.88. The number of carbonyl (C=O) groups excluding carboxylic acids is 4. The highest BCUT2D eigenvalue weighted by Gasteiger charge is 2.66. The van der Waals surface area contributed by atoms with Crippen molar-refractivity contribution < 1.29 is 43.6 Å². The zero-order valence-corrected chi connectivity index (χ0v) is 26.7. The summed E-state index contributed by atoms with van der Waals surface area (Å²) in [5, 5.41) is 40.7. The maximum Gasteiger partial charge on any atom is 0.238 e. The number of nitrogens with zero attached hydrogens (tertiary/aromatic N) is 2. The number of phenols is 1. The molecule has 1 spiro atoms. The third-order valence-corrected chi connectivity index (χ3v) is 11.1. The smallest absolute Gasteiger partial charge is 0.238 e. The number of aliphatic hydroxyl groups excluding tert-OH is 1. The first-order chi connectivity index (χ1) is 22.4. The van der Waals surface area contributed by atoms with Crippen LogP contribution in [-0.4, -0.2) is 106 Å². The number of carbonyl (C=O) groups is 4. The molecule has 1 aromatic carbocycles. The van der Waals surface area contributed by atoms with E-state index in [1.165, 1.54) is 0 Å². The van der Waals surface area contributed by atoms with Crippen LogP contribution >= 0.6 is 0 Å². The summed E-state index contributed by atoms with van der Waals surface area (Å²) in [6.07, 6.45) is 6.26. The number of aromatic hydroxyl groups is 1. The molecule has 7 rings (SSSR count). The molecular formula is C34H41FN4O8. The summed E-state index contributed by atoms with van der Waals surface area (Å²) in [5.74, 6) is -7.54. The predicted octanol–water partition coefficient (Wildman–Crippen LogP) is 1.94. The minimum atomic E-state index is -2.73. The Hall–Kier alpha value is -3.81. The monoisotopic (exact) mass is 652 g/mol. The van der Waals surface area contributed by atoms with E-state index in [4.69, 9.17) is 4.74 Å². The van der Waals surface area contributed by atoms with Crippen molar-refractivity contribution in [1.82, 2.24) is 15.1 Å². The first-order valence-electron chi connectivity index (χ1n) is 16.5. The van der Waals surface area contributed by atoms with Gasteiger partial charge in [-0.3, -0.25) is 29.0 Å². The van der Waals surface area contributed by atoms with Crippen molar-refractivity contribution in [2.24, 2.45) is 11.8 Å². The van der Waals surface area contributed by atoms with Crippen LogP contribution in [0.15, 0.2) is 23.1 Å². The molecule has 1 amide bonds. The van der Waals surface area contributed by atoms with Gasteiger partial charge in [0.05, 0.1) is 29.4 Å². The zero-order valence-electron chi connectivity index (χ0n) is 26.7. The maximum atomic E-state index is 15.6. The lowest BCUT2D eigenvalue weighted by Crippen LogP contribution is -2.69. The number of anilines is 1. The lowest BCUT2D eigenvalue weighted by Gasteiger charge is -2.50. The summed E-state index contributed by atoms with van der Waals surface area (Å²) < 4.78 is 21.5. The topological polar surface area (TPSA) is 169 Å². The molecule has 2 aliphatic heterocycles. The predicted molar refractivity (Wildman–Crippen MR) is 167 cm³/mol. The Bertz CT molecular complexity index is 1640. The number of aliphatic hydroxyl groups is 2. The number of phenolic OH excluding ortho intramolecular Hbond substituents is 1. The van der Waals surface area contributed by atoms with Gasteiger partial charge in [0.1, 0.15) is 23.8 Å². The molecule has 252 valence electrons. The number of halogens is 1. The third-order valence-electron chi connectivity index (χ3n) is 11.1. The van der Waals surface area contributed by atoms with Gasteiger partial charge in [-0.1, -0.05) is 19.3 Å². The summed E-state index contributed by atoms with van der Waals surface area (Å²) in [6, 6.07) is -0.105. The van der Waals surface area contributed by atoms with Crippen molar-refractivity contribution >= 4 is 34.7 Å². The van der Waals surface area contributed by atoms with Crippen LogP contribution in [0.4, 0.5) is 10.1 Å². The molecule has 13 heteroatoms. The largest absolute Gasteiger partial charge is 0.507 e. The summed E-state index contributed by atoms with van der Waals surface area (Å²) in [4.78, 5) is 58.9. The van der Waals surface area contributed by atoms with Gasteiger partial charge in [-0.15, -0.1) is 0 Å². The van der Waals surface area contributed by atoms with Crippen LogP contribution < -0.4 is 10.6 Å². The number of rotatable bonds is 4. The van der Waals surface area contributed by atoms with Gasteiger partial charge in [0.25, 0.3) is 0 Å². The van der Waals surface area contributed by atoms with Crippen molar-refractivity contribution in [3.63, 3.8) is 0 Å². The van der Waals surface area contributed by atoms with E-state index in [0.717, 1.165) is 64.1 Å². The molecule has 0 radical (unpaired) electrons. The molecule has 6 aliphatic rings. The number of hydrogen-bond acceptors (Lipinski definition) is 11. The Labute approximate surface area is 271 Å². The number of fused-ring (bicyclic) bond motifs is 3. The first-order valence-corrected chi connectivity index (χ1v) is 16.5.